The standard InChI is InChI=1S/C48H58N6O9S/c1-30(2)42(51-46(58)63-47(3,4)5)44(56)54-29-34(62-40-27-37(31-17-11-10-12-18-31)50-38-25-33(61-6)22-23-35(38)40)26-39(54)43(55)52-48-28-32(48)19-13-8-7-9-16-24-49-36-20-14-15-21-41(36)64(59,60)53-45(48)57/h10-15,17-23,25,27,30,32,34,39,42,49H,7-9,16,24,26,28-29H2,1-6H3,(H,51,58)(H,52,55)(H,53,57)/t32-,34-,39+,42+,48-/m1/s1. The number of amides is 4. The number of alkyl carbamates (subject to hydrolysis) is 1. The van der Waals surface area contributed by atoms with E-state index in [-0.39, 0.29) is 24.3 Å². The molecule has 1 saturated heterocycles. The molecule has 1 aromatic heterocycles. The van der Waals surface area contributed by atoms with E-state index in [1.807, 2.05) is 54.6 Å². The van der Waals surface area contributed by atoms with Gasteiger partial charge in [-0.3, -0.25) is 14.4 Å². The fraction of sp³-hybridized carbons (Fsp3) is 0.438. The van der Waals surface area contributed by atoms with Gasteiger partial charge in [-0.25, -0.2) is 22.9 Å². The van der Waals surface area contributed by atoms with E-state index in [0.29, 0.717) is 40.3 Å². The Morgan fingerprint density at radius 1 is 0.969 bits per heavy atom. The number of nitrogens with zero attached hydrogens (tertiary/aromatic N) is 2. The van der Waals surface area contributed by atoms with Crippen LogP contribution in [0.15, 0.2) is 95.9 Å². The molecule has 1 saturated carbocycles. The van der Waals surface area contributed by atoms with Crippen molar-refractivity contribution >= 4 is 50.4 Å². The topological polar surface area (TPSA) is 194 Å². The summed E-state index contributed by atoms with van der Waals surface area (Å²) in [7, 11) is -2.82. The minimum atomic E-state index is -4.39. The second-order valence-corrected chi connectivity index (χ2v) is 19.7. The number of carbonyl (C=O) groups excluding carboxylic acids is 4. The van der Waals surface area contributed by atoms with Crippen LogP contribution in [0, 0.1) is 11.8 Å². The highest BCUT2D eigenvalue weighted by Gasteiger charge is 2.62. The number of pyridine rings is 1. The third kappa shape index (κ3) is 10.4. The van der Waals surface area contributed by atoms with Crippen molar-refractivity contribution in [3.63, 3.8) is 0 Å². The smallest absolute Gasteiger partial charge is 0.408 e. The van der Waals surface area contributed by atoms with Gasteiger partial charge in [-0.2, -0.15) is 0 Å². The van der Waals surface area contributed by atoms with Gasteiger partial charge in [0.25, 0.3) is 15.9 Å². The maximum absolute atomic E-state index is 14.8. The molecule has 1 aliphatic carbocycles. The molecule has 7 rings (SSSR count). The number of carbonyl (C=O) groups is 4. The molecule has 0 unspecified atom stereocenters. The van der Waals surface area contributed by atoms with Crippen molar-refractivity contribution in [1.29, 1.82) is 0 Å². The second kappa shape index (κ2) is 18.9. The number of aromatic nitrogens is 1. The van der Waals surface area contributed by atoms with Crippen LogP contribution in [-0.2, 0) is 29.1 Å². The van der Waals surface area contributed by atoms with E-state index in [2.05, 4.69) is 20.7 Å². The number of methoxy groups -OCH3 is 1. The monoisotopic (exact) mass is 894 g/mol. The predicted octanol–water partition coefficient (Wildman–Crippen LogP) is 6.73. The molecule has 5 atom stereocenters. The molecule has 4 amide bonds. The lowest BCUT2D eigenvalue weighted by Gasteiger charge is -2.31. The van der Waals surface area contributed by atoms with Crippen LogP contribution in [-0.4, -0.2) is 91.6 Å². The molecule has 4 N–H and O–H groups in total. The molecule has 64 heavy (non-hydrogen) atoms. The quantitative estimate of drug-likeness (QED) is 0.130. The van der Waals surface area contributed by atoms with Crippen molar-refractivity contribution in [3.8, 4) is 22.8 Å². The number of rotatable bonds is 9. The summed E-state index contributed by atoms with van der Waals surface area (Å²) in [4.78, 5) is 63.2. The molecular weight excluding hydrogens is 837 g/mol. The number of allylic oxidation sites excluding steroid dienone is 1. The Kier molecular flexibility index (Phi) is 13.5. The van der Waals surface area contributed by atoms with Crippen LogP contribution < -0.4 is 30.1 Å². The number of likely N-dealkylation sites (tertiary alicyclic amines) is 1. The highest BCUT2D eigenvalue weighted by atomic mass is 32.2. The summed E-state index contributed by atoms with van der Waals surface area (Å²) in [5.74, 6) is -1.99. The number of benzene rings is 3. The van der Waals surface area contributed by atoms with Crippen LogP contribution in [0.1, 0.15) is 73.1 Å². The van der Waals surface area contributed by atoms with E-state index in [0.717, 1.165) is 31.2 Å². The minimum absolute atomic E-state index is 0.00498. The lowest BCUT2D eigenvalue weighted by atomic mass is 10.0. The van der Waals surface area contributed by atoms with Crippen LogP contribution in [0.3, 0.4) is 0 Å². The number of sulfonamides is 1. The molecule has 0 bridgehead atoms. The molecule has 16 heteroatoms. The Hall–Kier alpha value is -6.16. The molecule has 4 aromatic rings. The fourth-order valence-electron chi connectivity index (χ4n) is 8.29. The molecule has 0 radical (unpaired) electrons. The van der Waals surface area contributed by atoms with E-state index >= 15 is 0 Å². The van der Waals surface area contributed by atoms with Gasteiger partial charge in [-0.05, 0) is 76.6 Å². The number of anilines is 1. The van der Waals surface area contributed by atoms with Crippen molar-refractivity contribution in [1.82, 2.24) is 25.2 Å². The molecule has 3 aliphatic rings. The summed E-state index contributed by atoms with van der Waals surface area (Å²) in [5.41, 5.74) is -0.0254. The largest absolute Gasteiger partial charge is 0.497 e. The third-order valence-corrected chi connectivity index (χ3v) is 13.1. The second-order valence-electron chi connectivity index (χ2n) is 18.0. The summed E-state index contributed by atoms with van der Waals surface area (Å²) >= 11 is 0. The van der Waals surface area contributed by atoms with Crippen LogP contribution in [0.2, 0.25) is 0 Å². The number of para-hydroxylation sites is 1. The fourth-order valence-corrected chi connectivity index (χ4v) is 9.51. The first-order valence-electron chi connectivity index (χ1n) is 21.9. The molecule has 2 aliphatic heterocycles. The zero-order valence-corrected chi connectivity index (χ0v) is 38.0. The average Bonchev–Trinajstić information content (AvgIpc) is 3.79. The predicted molar refractivity (Wildman–Crippen MR) is 243 cm³/mol. The number of ether oxygens (including phenoxy) is 3. The zero-order chi connectivity index (χ0) is 45.8. The maximum atomic E-state index is 14.8. The maximum Gasteiger partial charge on any atom is 0.408 e. The van der Waals surface area contributed by atoms with Crippen LogP contribution in [0.25, 0.3) is 22.2 Å². The van der Waals surface area contributed by atoms with E-state index in [1.54, 1.807) is 72.1 Å². The van der Waals surface area contributed by atoms with Crippen molar-refractivity contribution in [2.24, 2.45) is 11.8 Å². The van der Waals surface area contributed by atoms with E-state index in [4.69, 9.17) is 19.2 Å². The van der Waals surface area contributed by atoms with Gasteiger partial charge in [-0.15, -0.1) is 0 Å². The van der Waals surface area contributed by atoms with Crippen LogP contribution in [0.4, 0.5) is 10.5 Å². The lowest BCUT2D eigenvalue weighted by Crippen LogP contribution is -2.59. The van der Waals surface area contributed by atoms with Crippen molar-refractivity contribution in [2.75, 3.05) is 25.5 Å². The van der Waals surface area contributed by atoms with Gasteiger partial charge < -0.3 is 35.1 Å². The summed E-state index contributed by atoms with van der Waals surface area (Å²) < 4.78 is 47.8. The number of nitrogens with one attached hydrogen (secondary N) is 4. The average molecular weight is 895 g/mol. The van der Waals surface area contributed by atoms with E-state index in [9.17, 15) is 27.6 Å². The van der Waals surface area contributed by atoms with Crippen LogP contribution >= 0.6 is 0 Å². The van der Waals surface area contributed by atoms with Gasteiger partial charge in [0.2, 0.25) is 11.8 Å². The Bertz CT molecular complexity index is 2530. The first-order chi connectivity index (χ1) is 30.5. The SMILES string of the molecule is COc1ccc2c(O[C@@H]3C[C@@H](C(=O)N[C@]45C[C@H]4C=CCCCCCNc4ccccc4S(=O)(=O)NC5=O)N(C(=O)[C@@H](NC(=O)OC(C)(C)C)C(C)C)C3)cc(-c3ccccc3)nc2c1. The Morgan fingerprint density at radius 2 is 1.72 bits per heavy atom. The van der Waals surface area contributed by atoms with Gasteiger partial charge in [-0.1, -0.05) is 74.9 Å². The highest BCUT2D eigenvalue weighted by Crippen LogP contribution is 2.46. The van der Waals surface area contributed by atoms with Gasteiger partial charge >= 0.3 is 6.09 Å². The molecule has 0 spiro atoms. The van der Waals surface area contributed by atoms with Crippen LogP contribution in [0.5, 0.6) is 11.5 Å². The molecule has 15 nitrogen and oxygen atoms in total. The van der Waals surface area contributed by atoms with Crippen molar-refractivity contribution < 1.29 is 41.8 Å². The molecule has 3 heterocycles. The molecule has 3 aromatic carbocycles. The number of hydrogen-bond donors (Lipinski definition) is 4. The van der Waals surface area contributed by atoms with Gasteiger partial charge in [0, 0.05) is 42.0 Å². The van der Waals surface area contributed by atoms with Crippen molar-refractivity contribution in [3.05, 3.63) is 91.0 Å². The molecule has 2 fully saturated rings. The first-order valence-corrected chi connectivity index (χ1v) is 23.4. The number of fused-ring (bicyclic) bond motifs is 3. The van der Waals surface area contributed by atoms with Gasteiger partial charge in [0.1, 0.15) is 45.7 Å². The Morgan fingerprint density at radius 3 is 2.45 bits per heavy atom. The van der Waals surface area contributed by atoms with E-state index in [1.165, 1.54) is 11.0 Å². The zero-order valence-electron chi connectivity index (χ0n) is 37.2. The van der Waals surface area contributed by atoms with E-state index < -0.39 is 75.0 Å². The lowest BCUT2D eigenvalue weighted by molar-refractivity contribution is -0.141. The summed E-state index contributed by atoms with van der Waals surface area (Å²) in [5, 5.41) is 9.52. The summed E-state index contributed by atoms with van der Waals surface area (Å²) in [6.45, 7) is 9.19. The first kappa shape index (κ1) is 45.9. The minimum Gasteiger partial charge on any atom is -0.497 e. The Balaban J connectivity index is 1.23. The van der Waals surface area contributed by atoms with Gasteiger partial charge in [0.05, 0.1) is 30.6 Å². The van der Waals surface area contributed by atoms with Gasteiger partial charge in [0.15, 0.2) is 0 Å². The Labute approximate surface area is 374 Å². The summed E-state index contributed by atoms with van der Waals surface area (Å²) in [6.07, 6.45) is 5.78. The number of hydrogen-bond acceptors (Lipinski definition) is 11. The summed E-state index contributed by atoms with van der Waals surface area (Å²) in [6, 6.07) is 20.9. The highest BCUT2D eigenvalue weighted by molar-refractivity contribution is 7.90. The third-order valence-electron chi connectivity index (χ3n) is 11.7. The molecule has 340 valence electrons. The normalized spacial score (nSPS) is 22.6. The van der Waals surface area contributed by atoms with Crippen molar-refractivity contribution in [2.45, 2.75) is 107 Å². The molecular formula is C48H58N6O9S.